The van der Waals surface area contributed by atoms with E-state index in [9.17, 15) is 4.79 Å². The summed E-state index contributed by atoms with van der Waals surface area (Å²) < 4.78 is 0. The van der Waals surface area contributed by atoms with Crippen LogP contribution in [0.1, 0.15) is 25.1 Å². The third-order valence-corrected chi connectivity index (χ3v) is 8.12. The second kappa shape index (κ2) is 10.8. The molecule has 0 spiro atoms. The van der Waals surface area contributed by atoms with Crippen molar-refractivity contribution in [2.75, 3.05) is 50.7 Å². The molecule has 5 rings (SSSR count). The van der Waals surface area contributed by atoms with Crippen LogP contribution in [-0.4, -0.2) is 76.7 Å². The zero-order valence-electron chi connectivity index (χ0n) is 21.3. The highest BCUT2D eigenvalue weighted by Gasteiger charge is 2.22. The molecule has 1 N–H and O–H groups in total. The van der Waals surface area contributed by atoms with Gasteiger partial charge in [-0.05, 0) is 38.2 Å². The summed E-state index contributed by atoms with van der Waals surface area (Å²) in [6.45, 7) is 12.5. The molecular weight excluding hydrogens is 468 g/mol. The predicted octanol–water partition coefficient (Wildman–Crippen LogP) is 5.04. The third kappa shape index (κ3) is 5.01. The molecule has 4 aromatic rings. The molecule has 188 valence electrons. The topological polar surface area (TPSA) is 68.4 Å². The number of aromatic amines is 1. The first kappa shape index (κ1) is 24.5. The van der Waals surface area contributed by atoms with E-state index >= 15 is 0 Å². The normalized spacial score (nSPS) is 14.2. The highest BCUT2D eigenvalue weighted by atomic mass is 32.1. The maximum absolute atomic E-state index is 12.6. The first-order valence-corrected chi connectivity index (χ1v) is 13.7. The largest absolute Gasteiger partial charge is 0.368 e. The van der Waals surface area contributed by atoms with Gasteiger partial charge in [0.2, 0.25) is 5.91 Å². The molecule has 0 radical (unpaired) electrons. The van der Waals surface area contributed by atoms with Gasteiger partial charge in [0.1, 0.15) is 10.7 Å². The van der Waals surface area contributed by atoms with Crippen molar-refractivity contribution >= 4 is 33.8 Å². The van der Waals surface area contributed by atoms with Gasteiger partial charge in [0.15, 0.2) is 0 Å². The van der Waals surface area contributed by atoms with Gasteiger partial charge in [-0.25, -0.2) is 4.98 Å². The Morgan fingerprint density at radius 2 is 1.72 bits per heavy atom. The number of thiazole rings is 1. The van der Waals surface area contributed by atoms with E-state index in [1.54, 1.807) is 11.3 Å². The van der Waals surface area contributed by atoms with Crippen LogP contribution >= 0.6 is 11.3 Å². The average Bonchev–Trinajstić information content (AvgIpc) is 3.53. The van der Waals surface area contributed by atoms with Crippen molar-refractivity contribution in [2.45, 2.75) is 27.2 Å². The summed E-state index contributed by atoms with van der Waals surface area (Å²) in [7, 11) is 0. The zero-order valence-corrected chi connectivity index (χ0v) is 22.1. The van der Waals surface area contributed by atoms with Crippen LogP contribution in [0.15, 0.2) is 48.5 Å². The van der Waals surface area contributed by atoms with Gasteiger partial charge in [0.25, 0.3) is 0 Å². The maximum Gasteiger partial charge on any atom is 0.223 e. The Labute approximate surface area is 216 Å². The van der Waals surface area contributed by atoms with Crippen molar-refractivity contribution in [3.8, 4) is 22.0 Å². The van der Waals surface area contributed by atoms with E-state index in [4.69, 9.17) is 4.98 Å². The molecule has 2 aromatic carbocycles. The molecule has 2 aromatic heterocycles. The number of carbonyl (C=O) groups excluding carboxylic acids is 1. The first-order valence-electron chi connectivity index (χ1n) is 12.8. The predicted molar refractivity (Wildman–Crippen MR) is 149 cm³/mol. The lowest BCUT2D eigenvalue weighted by atomic mass is 10.1. The van der Waals surface area contributed by atoms with Gasteiger partial charge in [-0.2, -0.15) is 5.10 Å². The Kier molecular flexibility index (Phi) is 7.34. The van der Waals surface area contributed by atoms with Crippen molar-refractivity contribution in [1.29, 1.82) is 0 Å². The van der Waals surface area contributed by atoms with Crippen LogP contribution in [0.3, 0.4) is 0 Å². The molecule has 1 amide bonds. The van der Waals surface area contributed by atoms with Crippen molar-refractivity contribution in [3.05, 3.63) is 53.4 Å². The van der Waals surface area contributed by atoms with Gasteiger partial charge in [0.05, 0.1) is 11.2 Å². The number of hydrogen-bond donors (Lipinski definition) is 1. The summed E-state index contributed by atoms with van der Waals surface area (Å²) >= 11 is 1.68. The van der Waals surface area contributed by atoms with E-state index in [0.29, 0.717) is 6.42 Å². The smallest absolute Gasteiger partial charge is 0.223 e. The first-order chi connectivity index (χ1) is 17.6. The second-order valence-electron chi connectivity index (χ2n) is 9.23. The van der Waals surface area contributed by atoms with Crippen molar-refractivity contribution in [3.63, 3.8) is 0 Å². The highest BCUT2D eigenvalue weighted by molar-refractivity contribution is 7.15. The van der Waals surface area contributed by atoms with Gasteiger partial charge in [-0.15, -0.1) is 11.3 Å². The van der Waals surface area contributed by atoms with Crippen LogP contribution in [0.4, 0.5) is 5.69 Å². The van der Waals surface area contributed by atoms with Crippen molar-refractivity contribution in [2.24, 2.45) is 0 Å². The summed E-state index contributed by atoms with van der Waals surface area (Å²) in [6, 6.07) is 16.8. The van der Waals surface area contributed by atoms with Crippen LogP contribution in [0.5, 0.6) is 0 Å². The monoisotopic (exact) mass is 502 g/mol. The number of piperazine rings is 1. The maximum atomic E-state index is 12.6. The number of hydrogen-bond acceptors (Lipinski definition) is 6. The lowest BCUT2D eigenvalue weighted by Gasteiger charge is -2.36. The van der Waals surface area contributed by atoms with Gasteiger partial charge in [-0.3, -0.25) is 9.89 Å². The Morgan fingerprint density at radius 1 is 1.00 bits per heavy atom. The minimum atomic E-state index is 0.274. The molecule has 3 heterocycles. The van der Waals surface area contributed by atoms with E-state index < -0.39 is 0 Å². The summed E-state index contributed by atoms with van der Waals surface area (Å²) in [5, 5.41) is 9.66. The SMILES string of the molecule is CCN(CC)CCC(=O)N1CCN(c2ccc(-c3nc(-c4n[nH]c5ccccc45)sc3C)cc2)CC1. The number of carbonyl (C=O) groups is 1. The molecule has 1 aliphatic rings. The summed E-state index contributed by atoms with van der Waals surface area (Å²) in [5.41, 5.74) is 5.25. The van der Waals surface area contributed by atoms with E-state index in [0.717, 1.165) is 78.7 Å². The fourth-order valence-corrected chi connectivity index (χ4v) is 5.83. The molecule has 36 heavy (non-hydrogen) atoms. The molecule has 0 atom stereocenters. The molecular formula is C28H34N6OS. The lowest BCUT2D eigenvalue weighted by molar-refractivity contribution is -0.131. The third-order valence-electron chi connectivity index (χ3n) is 7.14. The molecule has 1 saturated heterocycles. The van der Waals surface area contributed by atoms with Crippen LogP contribution in [0.25, 0.3) is 32.9 Å². The molecule has 8 heteroatoms. The fraction of sp³-hybridized carbons (Fsp3) is 0.393. The zero-order chi connectivity index (χ0) is 25.1. The minimum Gasteiger partial charge on any atom is -0.368 e. The quantitative estimate of drug-likeness (QED) is 0.366. The van der Waals surface area contributed by atoms with Crippen molar-refractivity contribution < 1.29 is 4.79 Å². The van der Waals surface area contributed by atoms with Crippen LogP contribution in [0.2, 0.25) is 0 Å². The Hall–Kier alpha value is -3.23. The molecule has 7 nitrogen and oxygen atoms in total. The lowest BCUT2D eigenvalue weighted by Crippen LogP contribution is -2.49. The molecule has 0 saturated carbocycles. The Morgan fingerprint density at radius 3 is 2.44 bits per heavy atom. The number of para-hydroxylation sites is 1. The van der Waals surface area contributed by atoms with Gasteiger partial charge < -0.3 is 14.7 Å². The van der Waals surface area contributed by atoms with Gasteiger partial charge in [0, 0.05) is 60.7 Å². The summed E-state index contributed by atoms with van der Waals surface area (Å²) in [4.78, 5) is 25.5. The molecule has 0 aliphatic carbocycles. The Balaban J connectivity index is 1.23. The molecule has 0 bridgehead atoms. The number of benzene rings is 2. The number of amides is 1. The Bertz CT molecular complexity index is 1320. The van der Waals surface area contributed by atoms with Crippen molar-refractivity contribution in [1.82, 2.24) is 25.0 Å². The van der Waals surface area contributed by atoms with Crippen LogP contribution < -0.4 is 4.90 Å². The number of aromatic nitrogens is 3. The van der Waals surface area contributed by atoms with E-state index in [1.165, 1.54) is 10.6 Å². The molecule has 1 aliphatic heterocycles. The van der Waals surface area contributed by atoms with E-state index in [-0.39, 0.29) is 5.91 Å². The number of fused-ring (bicyclic) bond motifs is 1. The molecule has 0 unspecified atom stereocenters. The number of anilines is 1. The number of nitrogens with zero attached hydrogens (tertiary/aromatic N) is 5. The number of aryl methyl sites for hydroxylation is 1. The number of H-pyrrole nitrogens is 1. The average molecular weight is 503 g/mol. The van der Waals surface area contributed by atoms with E-state index in [2.05, 4.69) is 71.1 Å². The summed E-state index contributed by atoms with van der Waals surface area (Å²) in [6.07, 6.45) is 0.611. The van der Waals surface area contributed by atoms with Gasteiger partial charge in [-0.1, -0.05) is 44.2 Å². The van der Waals surface area contributed by atoms with E-state index in [1.807, 2.05) is 23.1 Å². The second-order valence-corrected chi connectivity index (χ2v) is 10.4. The standard InChI is InChI=1S/C28H34N6OS/c1-4-32(5-2)15-14-25(35)34-18-16-33(17-19-34)22-12-10-21(11-13-22)26-20(3)36-28(29-26)27-23-8-6-7-9-24(23)30-31-27/h6-13H,4-5,14-19H2,1-3H3,(H,30,31). The molecule has 1 fully saturated rings. The van der Waals surface area contributed by atoms with Gasteiger partial charge >= 0.3 is 0 Å². The minimum absolute atomic E-state index is 0.274. The van der Waals surface area contributed by atoms with Crippen LogP contribution in [0, 0.1) is 6.92 Å². The fourth-order valence-electron chi connectivity index (χ4n) is 4.89. The van der Waals surface area contributed by atoms with Crippen LogP contribution in [-0.2, 0) is 4.79 Å². The summed E-state index contributed by atoms with van der Waals surface area (Å²) in [5.74, 6) is 0.274. The highest BCUT2D eigenvalue weighted by Crippen LogP contribution is 2.35. The number of nitrogens with one attached hydrogen (secondary N) is 1. The number of rotatable bonds is 8.